The van der Waals surface area contributed by atoms with Crippen LogP contribution in [0, 0.1) is 10.8 Å². The molecule has 276 valence electrons. The van der Waals surface area contributed by atoms with Crippen molar-refractivity contribution in [1.29, 1.82) is 0 Å². The Balaban J connectivity index is 1.12. The predicted molar refractivity (Wildman–Crippen MR) is 198 cm³/mol. The molecule has 0 radical (unpaired) electrons. The van der Waals surface area contributed by atoms with Crippen LogP contribution in [0.4, 0.5) is 4.79 Å². The van der Waals surface area contributed by atoms with Gasteiger partial charge in [-0.05, 0) is 105 Å². The van der Waals surface area contributed by atoms with Crippen LogP contribution in [0.3, 0.4) is 0 Å². The molecular weight excluding hydrogens is 656 g/mol. The molecule has 4 amide bonds. The topological polar surface area (TPSA) is 135 Å². The average Bonchev–Trinajstić information content (AvgIpc) is 3.62. The fraction of sp³-hybridized carbons (Fsp3) is 0.476. The summed E-state index contributed by atoms with van der Waals surface area (Å²) >= 11 is 0. The number of ether oxygens (including phenoxy) is 2. The number of alkyl carbamates (subject to hydrolysis) is 1. The van der Waals surface area contributed by atoms with Crippen molar-refractivity contribution in [2.45, 2.75) is 103 Å². The number of benzene rings is 3. The maximum absolute atomic E-state index is 14.1. The van der Waals surface area contributed by atoms with Gasteiger partial charge in [0, 0.05) is 31.5 Å². The summed E-state index contributed by atoms with van der Waals surface area (Å²) in [6, 6.07) is 22.7. The molecular formula is C42H52N4O6. The Labute approximate surface area is 306 Å². The Morgan fingerprint density at radius 2 is 1.23 bits per heavy atom. The van der Waals surface area contributed by atoms with Gasteiger partial charge in [-0.15, -0.1) is 0 Å². The summed E-state index contributed by atoms with van der Waals surface area (Å²) in [5, 5.41) is 12.2. The molecule has 0 unspecified atom stereocenters. The first kappa shape index (κ1) is 37.1. The molecule has 10 heteroatoms. The number of fused-ring (bicyclic) bond motifs is 4. The molecule has 1 heterocycles. The van der Waals surface area contributed by atoms with Gasteiger partial charge in [-0.3, -0.25) is 14.4 Å². The molecule has 3 aromatic carbocycles. The van der Waals surface area contributed by atoms with Crippen LogP contribution in [0.25, 0.3) is 0 Å². The first-order valence-electron chi connectivity index (χ1n) is 18.5. The van der Waals surface area contributed by atoms with E-state index in [1.807, 2.05) is 75.4 Å². The van der Waals surface area contributed by atoms with Crippen LogP contribution >= 0.6 is 0 Å². The molecule has 3 saturated carbocycles. The average molecular weight is 709 g/mol. The second-order valence-corrected chi connectivity index (χ2v) is 16.0. The van der Waals surface area contributed by atoms with E-state index in [0.29, 0.717) is 38.3 Å². The van der Waals surface area contributed by atoms with Gasteiger partial charge in [0.05, 0.1) is 13.2 Å². The number of hydrogen-bond donors (Lipinski definition) is 4. The SMILES string of the molecule is CC(C)(C)OC(=O)NCC12CCC(CNC(=O)[C@H](Cc3ccccc3)NC(=O)[C@@H](Cc3ccc4c(c3)COC4)NC(=O)c3ccccc3)(CC1)CC2. The third kappa shape index (κ3) is 9.59. The van der Waals surface area contributed by atoms with E-state index in [-0.39, 0.29) is 35.2 Å². The van der Waals surface area contributed by atoms with E-state index in [9.17, 15) is 19.2 Å². The van der Waals surface area contributed by atoms with Gasteiger partial charge in [0.2, 0.25) is 11.8 Å². The zero-order chi connectivity index (χ0) is 36.8. The second kappa shape index (κ2) is 15.9. The first-order valence-corrected chi connectivity index (χ1v) is 18.5. The lowest BCUT2D eigenvalue weighted by molar-refractivity contribution is -0.130. The van der Waals surface area contributed by atoms with Crippen LogP contribution in [-0.4, -0.2) is 54.6 Å². The monoisotopic (exact) mass is 708 g/mol. The van der Waals surface area contributed by atoms with Gasteiger partial charge >= 0.3 is 6.09 Å². The van der Waals surface area contributed by atoms with E-state index >= 15 is 0 Å². The molecule has 52 heavy (non-hydrogen) atoms. The van der Waals surface area contributed by atoms with Crippen LogP contribution in [0.15, 0.2) is 78.9 Å². The van der Waals surface area contributed by atoms with Crippen LogP contribution in [-0.2, 0) is 45.1 Å². The normalized spacial score (nSPS) is 21.7. The molecule has 10 nitrogen and oxygen atoms in total. The molecule has 3 aromatic rings. The lowest BCUT2D eigenvalue weighted by Gasteiger charge is -2.53. The zero-order valence-electron chi connectivity index (χ0n) is 30.6. The third-order valence-corrected chi connectivity index (χ3v) is 11.0. The number of nitrogens with one attached hydrogen (secondary N) is 4. The van der Waals surface area contributed by atoms with E-state index < -0.39 is 23.6 Å². The van der Waals surface area contributed by atoms with E-state index in [4.69, 9.17) is 9.47 Å². The minimum absolute atomic E-state index is 0.0197. The molecule has 0 spiro atoms. The van der Waals surface area contributed by atoms with Gasteiger partial charge in [-0.25, -0.2) is 4.79 Å². The van der Waals surface area contributed by atoms with Crippen molar-refractivity contribution in [3.8, 4) is 0 Å². The number of carbonyl (C=O) groups excluding carboxylic acids is 4. The van der Waals surface area contributed by atoms with E-state index in [1.54, 1.807) is 24.3 Å². The molecule has 2 atom stereocenters. The van der Waals surface area contributed by atoms with Gasteiger partial charge in [0.25, 0.3) is 5.91 Å². The third-order valence-electron chi connectivity index (χ3n) is 11.0. The standard InChI is InChI=1S/C42H52N4O6/c1-40(2,3)52-39(50)44-28-42-19-16-41(17-20-42,18-21-42)27-43-37(48)34(23-29-10-6-4-7-11-29)46-38(49)35(45-36(47)31-12-8-5-9-13-31)24-30-14-15-32-25-51-26-33(32)22-30/h4-15,22,34-35H,16-21,23-28H2,1-3H3,(H,43,48)(H,44,50)(H,45,47)(H,46,49)/t34-,35+,41?,42?/m0/s1. The Morgan fingerprint density at radius 1 is 0.673 bits per heavy atom. The molecule has 4 aliphatic rings. The number of hydrogen-bond acceptors (Lipinski definition) is 6. The van der Waals surface area contributed by atoms with E-state index in [2.05, 4.69) is 21.3 Å². The van der Waals surface area contributed by atoms with Gasteiger partial charge in [-0.2, -0.15) is 0 Å². The summed E-state index contributed by atoms with van der Waals surface area (Å²) < 4.78 is 11.0. The van der Waals surface area contributed by atoms with Crippen LogP contribution in [0.2, 0.25) is 0 Å². The zero-order valence-corrected chi connectivity index (χ0v) is 30.6. The number of carbonyl (C=O) groups is 4. The molecule has 7 rings (SSSR count). The summed E-state index contributed by atoms with van der Waals surface area (Å²) in [6.45, 7) is 7.77. The second-order valence-electron chi connectivity index (χ2n) is 16.0. The van der Waals surface area contributed by atoms with Crippen molar-refractivity contribution < 1.29 is 28.7 Å². The lowest BCUT2D eigenvalue weighted by Crippen LogP contribution is -2.57. The van der Waals surface area contributed by atoms with Crippen molar-refractivity contribution in [2.24, 2.45) is 10.8 Å². The van der Waals surface area contributed by atoms with Crippen molar-refractivity contribution in [1.82, 2.24) is 21.3 Å². The van der Waals surface area contributed by atoms with Gasteiger partial charge < -0.3 is 30.7 Å². The molecule has 1 aliphatic heterocycles. The Kier molecular flexibility index (Phi) is 11.3. The minimum atomic E-state index is -0.920. The quantitative estimate of drug-likeness (QED) is 0.178. The summed E-state index contributed by atoms with van der Waals surface area (Å²) in [5.41, 5.74) is 3.96. The molecule has 0 saturated heterocycles. The highest BCUT2D eigenvalue weighted by Gasteiger charge is 2.49. The Hall–Kier alpha value is -4.70. The molecule has 3 fully saturated rings. The van der Waals surface area contributed by atoms with Gasteiger partial charge in [0.1, 0.15) is 17.7 Å². The maximum atomic E-state index is 14.1. The van der Waals surface area contributed by atoms with Gasteiger partial charge in [0.15, 0.2) is 0 Å². The molecule has 0 aromatic heterocycles. The van der Waals surface area contributed by atoms with E-state index in [0.717, 1.165) is 60.8 Å². The Bertz CT molecular complexity index is 1710. The first-order chi connectivity index (χ1) is 24.9. The molecule has 4 N–H and O–H groups in total. The Morgan fingerprint density at radius 3 is 1.87 bits per heavy atom. The molecule has 2 bridgehead atoms. The lowest BCUT2D eigenvalue weighted by atomic mass is 9.53. The van der Waals surface area contributed by atoms with Crippen molar-refractivity contribution in [2.75, 3.05) is 13.1 Å². The van der Waals surface area contributed by atoms with Crippen molar-refractivity contribution >= 4 is 23.8 Å². The highest BCUT2D eigenvalue weighted by atomic mass is 16.6. The highest BCUT2D eigenvalue weighted by Crippen LogP contribution is 2.56. The van der Waals surface area contributed by atoms with E-state index in [1.165, 1.54) is 0 Å². The summed E-state index contributed by atoms with van der Waals surface area (Å²) in [7, 11) is 0. The fourth-order valence-corrected chi connectivity index (χ4v) is 7.80. The van der Waals surface area contributed by atoms with Crippen LogP contribution < -0.4 is 21.3 Å². The van der Waals surface area contributed by atoms with Gasteiger partial charge in [-0.1, -0.05) is 66.7 Å². The summed E-state index contributed by atoms with van der Waals surface area (Å²) in [6.07, 6.45) is 5.97. The van der Waals surface area contributed by atoms with Crippen LogP contribution in [0.5, 0.6) is 0 Å². The summed E-state index contributed by atoms with van der Waals surface area (Å²) in [4.78, 5) is 53.8. The minimum Gasteiger partial charge on any atom is -0.444 e. The number of amides is 4. The largest absolute Gasteiger partial charge is 0.444 e. The number of rotatable bonds is 13. The van der Waals surface area contributed by atoms with Crippen LogP contribution in [0.1, 0.15) is 91.9 Å². The predicted octanol–water partition coefficient (Wildman–Crippen LogP) is 5.77. The van der Waals surface area contributed by atoms with Crippen molar-refractivity contribution in [3.05, 3.63) is 107 Å². The molecule has 3 aliphatic carbocycles. The van der Waals surface area contributed by atoms with Crippen molar-refractivity contribution in [3.63, 3.8) is 0 Å². The maximum Gasteiger partial charge on any atom is 0.407 e. The smallest absolute Gasteiger partial charge is 0.407 e. The fourth-order valence-electron chi connectivity index (χ4n) is 7.80. The highest BCUT2D eigenvalue weighted by molar-refractivity contribution is 5.98. The summed E-state index contributed by atoms with van der Waals surface area (Å²) in [5.74, 6) is -1.03.